The number of hydrogen-bond donors (Lipinski definition) is 1. The van der Waals surface area contributed by atoms with Crippen LogP contribution in [0, 0.1) is 20.8 Å². The smallest absolute Gasteiger partial charge is 0.0455 e. The van der Waals surface area contributed by atoms with Crippen molar-refractivity contribution in [2.45, 2.75) is 27.3 Å². The number of anilines is 1. The van der Waals surface area contributed by atoms with Gasteiger partial charge in [0.25, 0.3) is 0 Å². The summed E-state index contributed by atoms with van der Waals surface area (Å²) in [5, 5.41) is 4.21. The fourth-order valence-corrected chi connectivity index (χ4v) is 2.12. The Bertz CT molecular complexity index is 561. The average molecular weight is 260 g/mol. The molecule has 0 heterocycles. The molecule has 94 valence electrons. The normalized spacial score (nSPS) is 10.4. The van der Waals surface area contributed by atoms with E-state index >= 15 is 0 Å². The molecule has 0 aromatic heterocycles. The molecule has 0 aliphatic rings. The Morgan fingerprint density at radius 3 is 2.39 bits per heavy atom. The summed E-state index contributed by atoms with van der Waals surface area (Å²) in [6.07, 6.45) is 0. The van der Waals surface area contributed by atoms with E-state index in [0.717, 1.165) is 22.8 Å². The molecule has 0 aliphatic heterocycles. The number of hydrogen-bond acceptors (Lipinski definition) is 1. The van der Waals surface area contributed by atoms with Gasteiger partial charge in [-0.1, -0.05) is 41.4 Å². The lowest BCUT2D eigenvalue weighted by molar-refractivity contribution is 1.11. The van der Waals surface area contributed by atoms with Crippen LogP contribution < -0.4 is 5.32 Å². The van der Waals surface area contributed by atoms with Crippen molar-refractivity contribution < 1.29 is 0 Å². The maximum Gasteiger partial charge on any atom is 0.0455 e. The second kappa shape index (κ2) is 5.45. The number of halogens is 1. The Morgan fingerprint density at radius 1 is 0.944 bits per heavy atom. The van der Waals surface area contributed by atoms with Crippen molar-refractivity contribution in [3.63, 3.8) is 0 Å². The maximum absolute atomic E-state index is 6.11. The summed E-state index contributed by atoms with van der Waals surface area (Å²) in [4.78, 5) is 0. The molecule has 0 radical (unpaired) electrons. The molecule has 2 rings (SSSR count). The standard InChI is InChI=1S/C16H18ClN/c1-11-4-6-14(13(3)8-11)10-18-15-7-5-12(2)16(17)9-15/h4-9,18H,10H2,1-3H3. The zero-order valence-corrected chi connectivity index (χ0v) is 11.8. The lowest BCUT2D eigenvalue weighted by Gasteiger charge is -2.10. The van der Waals surface area contributed by atoms with Gasteiger partial charge in [-0.3, -0.25) is 0 Å². The first-order valence-electron chi connectivity index (χ1n) is 6.12. The first-order valence-corrected chi connectivity index (χ1v) is 6.50. The lowest BCUT2D eigenvalue weighted by Crippen LogP contribution is -2.01. The van der Waals surface area contributed by atoms with Crippen LogP contribution in [0.5, 0.6) is 0 Å². The molecule has 2 heteroatoms. The van der Waals surface area contributed by atoms with E-state index in [4.69, 9.17) is 11.6 Å². The molecule has 0 amide bonds. The molecule has 0 fully saturated rings. The van der Waals surface area contributed by atoms with Gasteiger partial charge in [0.2, 0.25) is 0 Å². The first-order chi connectivity index (χ1) is 8.56. The minimum Gasteiger partial charge on any atom is -0.381 e. The molecule has 0 aliphatic carbocycles. The highest BCUT2D eigenvalue weighted by molar-refractivity contribution is 6.31. The van der Waals surface area contributed by atoms with Crippen molar-refractivity contribution in [1.29, 1.82) is 0 Å². The van der Waals surface area contributed by atoms with Crippen molar-refractivity contribution in [2.24, 2.45) is 0 Å². The van der Waals surface area contributed by atoms with Gasteiger partial charge in [-0.15, -0.1) is 0 Å². The maximum atomic E-state index is 6.11. The SMILES string of the molecule is Cc1ccc(CNc2ccc(C)c(Cl)c2)c(C)c1. The molecule has 0 unspecified atom stereocenters. The minimum absolute atomic E-state index is 0.806. The Hall–Kier alpha value is -1.47. The van der Waals surface area contributed by atoms with Crippen LogP contribution in [-0.2, 0) is 6.54 Å². The van der Waals surface area contributed by atoms with Crippen LogP contribution in [0.15, 0.2) is 36.4 Å². The molecule has 18 heavy (non-hydrogen) atoms. The van der Waals surface area contributed by atoms with Crippen molar-refractivity contribution in [1.82, 2.24) is 0 Å². The van der Waals surface area contributed by atoms with Crippen LogP contribution in [0.3, 0.4) is 0 Å². The van der Waals surface area contributed by atoms with Gasteiger partial charge in [0.1, 0.15) is 0 Å². The summed E-state index contributed by atoms with van der Waals surface area (Å²) >= 11 is 6.11. The summed E-state index contributed by atoms with van der Waals surface area (Å²) in [7, 11) is 0. The van der Waals surface area contributed by atoms with Gasteiger partial charge in [0, 0.05) is 17.3 Å². The van der Waals surface area contributed by atoms with Gasteiger partial charge in [-0.25, -0.2) is 0 Å². The largest absolute Gasteiger partial charge is 0.381 e. The molecule has 0 atom stereocenters. The summed E-state index contributed by atoms with van der Waals surface area (Å²) in [5.41, 5.74) is 6.10. The van der Waals surface area contributed by atoms with Crippen LogP contribution in [-0.4, -0.2) is 0 Å². The van der Waals surface area contributed by atoms with Gasteiger partial charge in [0.05, 0.1) is 0 Å². The fraction of sp³-hybridized carbons (Fsp3) is 0.250. The van der Waals surface area contributed by atoms with Crippen LogP contribution in [0.2, 0.25) is 5.02 Å². The molecule has 0 spiro atoms. The highest BCUT2D eigenvalue weighted by Crippen LogP contribution is 2.21. The van der Waals surface area contributed by atoms with E-state index in [2.05, 4.69) is 43.4 Å². The Balaban J connectivity index is 2.09. The van der Waals surface area contributed by atoms with Crippen LogP contribution in [0.25, 0.3) is 0 Å². The van der Waals surface area contributed by atoms with E-state index in [-0.39, 0.29) is 0 Å². The summed E-state index contributed by atoms with van der Waals surface area (Å²) in [6, 6.07) is 12.6. The van der Waals surface area contributed by atoms with E-state index in [1.54, 1.807) is 0 Å². The molecule has 1 N–H and O–H groups in total. The molecular weight excluding hydrogens is 242 g/mol. The quantitative estimate of drug-likeness (QED) is 0.829. The number of aryl methyl sites for hydroxylation is 3. The number of rotatable bonds is 3. The van der Waals surface area contributed by atoms with E-state index < -0.39 is 0 Å². The zero-order chi connectivity index (χ0) is 13.1. The minimum atomic E-state index is 0.806. The summed E-state index contributed by atoms with van der Waals surface area (Å²) in [6.45, 7) is 7.10. The Kier molecular flexibility index (Phi) is 3.93. The van der Waals surface area contributed by atoms with E-state index in [9.17, 15) is 0 Å². The van der Waals surface area contributed by atoms with Gasteiger partial charge in [-0.05, 0) is 49.6 Å². The van der Waals surface area contributed by atoms with Crippen molar-refractivity contribution >= 4 is 17.3 Å². The lowest BCUT2D eigenvalue weighted by atomic mass is 10.1. The van der Waals surface area contributed by atoms with Crippen LogP contribution in [0.4, 0.5) is 5.69 Å². The van der Waals surface area contributed by atoms with Gasteiger partial charge in [-0.2, -0.15) is 0 Å². The Labute approximate surface area is 114 Å². The fourth-order valence-electron chi connectivity index (χ4n) is 1.94. The van der Waals surface area contributed by atoms with Crippen molar-refractivity contribution in [2.75, 3.05) is 5.32 Å². The highest BCUT2D eigenvalue weighted by atomic mass is 35.5. The number of nitrogens with one attached hydrogen (secondary N) is 1. The average Bonchev–Trinajstić information content (AvgIpc) is 2.32. The van der Waals surface area contributed by atoms with E-state index in [1.165, 1.54) is 16.7 Å². The second-order valence-electron chi connectivity index (χ2n) is 4.75. The van der Waals surface area contributed by atoms with Crippen molar-refractivity contribution in [3.05, 3.63) is 63.7 Å². The van der Waals surface area contributed by atoms with Crippen molar-refractivity contribution in [3.8, 4) is 0 Å². The topological polar surface area (TPSA) is 12.0 Å². The molecule has 1 nitrogen and oxygen atoms in total. The zero-order valence-electron chi connectivity index (χ0n) is 11.0. The monoisotopic (exact) mass is 259 g/mol. The van der Waals surface area contributed by atoms with E-state index in [1.807, 2.05) is 19.1 Å². The predicted octanol–water partition coefficient (Wildman–Crippen LogP) is 4.88. The molecule has 2 aromatic carbocycles. The molecule has 2 aromatic rings. The van der Waals surface area contributed by atoms with Crippen LogP contribution in [0.1, 0.15) is 22.3 Å². The van der Waals surface area contributed by atoms with Gasteiger partial charge in [0.15, 0.2) is 0 Å². The molecule has 0 saturated carbocycles. The van der Waals surface area contributed by atoms with Crippen LogP contribution >= 0.6 is 11.6 Å². The molecule has 0 saturated heterocycles. The molecule has 0 bridgehead atoms. The van der Waals surface area contributed by atoms with Gasteiger partial charge >= 0.3 is 0 Å². The third-order valence-electron chi connectivity index (χ3n) is 3.15. The second-order valence-corrected chi connectivity index (χ2v) is 5.15. The third kappa shape index (κ3) is 3.05. The number of benzene rings is 2. The predicted molar refractivity (Wildman–Crippen MR) is 79.4 cm³/mol. The third-order valence-corrected chi connectivity index (χ3v) is 3.56. The summed E-state index contributed by atoms with van der Waals surface area (Å²) < 4.78 is 0. The van der Waals surface area contributed by atoms with Gasteiger partial charge < -0.3 is 5.32 Å². The van der Waals surface area contributed by atoms with E-state index in [0.29, 0.717) is 0 Å². The highest BCUT2D eigenvalue weighted by Gasteiger charge is 2.00. The first kappa shape index (κ1) is 13.0. The molecular formula is C16H18ClN. The summed E-state index contributed by atoms with van der Waals surface area (Å²) in [5.74, 6) is 0. The Morgan fingerprint density at radius 2 is 1.72 bits per heavy atom.